The lowest BCUT2D eigenvalue weighted by molar-refractivity contribution is -0.137. The van der Waals surface area contributed by atoms with Crippen LogP contribution in [0.5, 0.6) is 0 Å². The van der Waals surface area contributed by atoms with Crippen molar-refractivity contribution in [1.29, 1.82) is 0 Å². The van der Waals surface area contributed by atoms with E-state index < -0.39 is 17.6 Å². The SMILES string of the molecule is CC1CCC(CNc2nccc(N3CCCC3c3ccc(C(F)(F)F)cc3)c2F)CN1. The highest BCUT2D eigenvalue weighted by Crippen LogP contribution is 2.39. The molecule has 0 amide bonds. The number of pyridine rings is 1. The zero-order valence-corrected chi connectivity index (χ0v) is 17.6. The predicted molar refractivity (Wildman–Crippen MR) is 114 cm³/mol. The second-order valence-electron chi connectivity index (χ2n) is 8.60. The Morgan fingerprint density at radius 2 is 1.90 bits per heavy atom. The van der Waals surface area contributed by atoms with Crippen LogP contribution >= 0.6 is 0 Å². The number of halogens is 4. The fraction of sp³-hybridized carbons (Fsp3) is 0.522. The largest absolute Gasteiger partial charge is 0.416 e. The van der Waals surface area contributed by atoms with Gasteiger partial charge < -0.3 is 15.5 Å². The van der Waals surface area contributed by atoms with Gasteiger partial charge in [0.2, 0.25) is 0 Å². The van der Waals surface area contributed by atoms with Crippen molar-refractivity contribution in [3.05, 3.63) is 53.5 Å². The highest BCUT2D eigenvalue weighted by molar-refractivity contribution is 5.58. The number of hydrogen-bond donors (Lipinski definition) is 2. The second kappa shape index (κ2) is 9.02. The van der Waals surface area contributed by atoms with E-state index in [1.807, 2.05) is 4.90 Å². The molecule has 2 N–H and O–H groups in total. The first-order valence-electron chi connectivity index (χ1n) is 10.9. The summed E-state index contributed by atoms with van der Waals surface area (Å²) >= 11 is 0. The van der Waals surface area contributed by atoms with Crippen molar-refractivity contribution >= 4 is 11.5 Å². The van der Waals surface area contributed by atoms with Gasteiger partial charge in [0.25, 0.3) is 0 Å². The Morgan fingerprint density at radius 1 is 1.13 bits per heavy atom. The minimum absolute atomic E-state index is 0.156. The molecule has 2 saturated heterocycles. The molecule has 1 aromatic carbocycles. The Morgan fingerprint density at radius 3 is 2.58 bits per heavy atom. The average Bonchev–Trinajstić information content (AvgIpc) is 3.23. The highest BCUT2D eigenvalue weighted by atomic mass is 19.4. The second-order valence-corrected chi connectivity index (χ2v) is 8.60. The zero-order chi connectivity index (χ0) is 22.0. The maximum absolute atomic E-state index is 15.3. The lowest BCUT2D eigenvalue weighted by Crippen LogP contribution is -2.39. The molecule has 2 aliphatic rings. The third kappa shape index (κ3) is 4.95. The smallest absolute Gasteiger partial charge is 0.367 e. The van der Waals surface area contributed by atoms with Gasteiger partial charge in [-0.3, -0.25) is 0 Å². The van der Waals surface area contributed by atoms with Crippen molar-refractivity contribution in [2.24, 2.45) is 5.92 Å². The van der Waals surface area contributed by atoms with Gasteiger partial charge >= 0.3 is 6.18 Å². The number of alkyl halides is 3. The molecule has 2 aromatic rings. The summed E-state index contributed by atoms with van der Waals surface area (Å²) in [5.74, 6) is 0.250. The van der Waals surface area contributed by atoms with Crippen molar-refractivity contribution in [3.8, 4) is 0 Å². The van der Waals surface area contributed by atoms with Gasteiger partial charge in [-0.05, 0) is 68.8 Å². The van der Waals surface area contributed by atoms with E-state index in [-0.39, 0.29) is 11.9 Å². The van der Waals surface area contributed by atoms with Gasteiger partial charge in [-0.25, -0.2) is 9.37 Å². The van der Waals surface area contributed by atoms with Crippen LogP contribution in [0.4, 0.5) is 29.1 Å². The molecule has 4 nitrogen and oxygen atoms in total. The van der Waals surface area contributed by atoms with Gasteiger partial charge in [-0.2, -0.15) is 13.2 Å². The van der Waals surface area contributed by atoms with Gasteiger partial charge in [0.05, 0.1) is 17.3 Å². The Kier molecular flexibility index (Phi) is 6.36. The summed E-state index contributed by atoms with van der Waals surface area (Å²) in [6.07, 6.45) is 1.03. The van der Waals surface area contributed by atoms with Crippen molar-refractivity contribution < 1.29 is 17.6 Å². The number of aromatic nitrogens is 1. The molecule has 168 valence electrons. The van der Waals surface area contributed by atoms with E-state index in [1.54, 1.807) is 12.3 Å². The fourth-order valence-electron chi connectivity index (χ4n) is 4.55. The minimum atomic E-state index is -4.36. The number of nitrogens with one attached hydrogen (secondary N) is 2. The van der Waals surface area contributed by atoms with Crippen molar-refractivity contribution in [3.63, 3.8) is 0 Å². The Labute approximate surface area is 180 Å². The van der Waals surface area contributed by atoms with Crippen LogP contribution in [0.1, 0.15) is 49.8 Å². The summed E-state index contributed by atoms with van der Waals surface area (Å²) in [6, 6.07) is 7.21. The Balaban J connectivity index is 1.48. The van der Waals surface area contributed by atoms with Crippen molar-refractivity contribution in [2.75, 3.05) is 29.9 Å². The average molecular weight is 436 g/mol. The predicted octanol–water partition coefficient (Wildman–Crippen LogP) is 5.38. The van der Waals surface area contributed by atoms with E-state index in [2.05, 4.69) is 22.5 Å². The van der Waals surface area contributed by atoms with Crippen LogP contribution in [-0.4, -0.2) is 30.7 Å². The van der Waals surface area contributed by atoms with E-state index in [9.17, 15) is 13.2 Å². The highest BCUT2D eigenvalue weighted by Gasteiger charge is 2.32. The van der Waals surface area contributed by atoms with E-state index >= 15 is 4.39 Å². The molecule has 2 fully saturated rings. The number of benzene rings is 1. The van der Waals surface area contributed by atoms with E-state index in [0.29, 0.717) is 30.7 Å². The molecule has 0 radical (unpaired) electrons. The molecule has 0 spiro atoms. The van der Waals surface area contributed by atoms with E-state index in [4.69, 9.17) is 0 Å². The topological polar surface area (TPSA) is 40.2 Å². The van der Waals surface area contributed by atoms with E-state index in [1.165, 1.54) is 12.1 Å². The Bertz CT molecular complexity index is 876. The first kappa shape index (κ1) is 21.9. The Hall–Kier alpha value is -2.35. The maximum atomic E-state index is 15.3. The van der Waals surface area contributed by atoms with Crippen LogP contribution in [0, 0.1) is 11.7 Å². The number of anilines is 2. The minimum Gasteiger partial charge on any atom is -0.367 e. The van der Waals surface area contributed by atoms with Gasteiger partial charge in [0.1, 0.15) is 0 Å². The van der Waals surface area contributed by atoms with Crippen LogP contribution in [0.25, 0.3) is 0 Å². The van der Waals surface area contributed by atoms with Crippen LogP contribution in [0.2, 0.25) is 0 Å². The molecule has 3 atom stereocenters. The monoisotopic (exact) mass is 436 g/mol. The third-order valence-electron chi connectivity index (χ3n) is 6.37. The molecule has 1 aromatic heterocycles. The zero-order valence-electron chi connectivity index (χ0n) is 17.6. The standard InChI is InChI=1S/C23H28F4N4/c1-15-4-5-16(13-29-15)14-30-22-21(24)20(10-11-28-22)31-12-2-3-19(31)17-6-8-18(9-7-17)23(25,26)27/h6-11,15-16,19,29H,2-5,12-14H2,1H3,(H,28,30). The third-order valence-corrected chi connectivity index (χ3v) is 6.37. The molecule has 3 unspecified atom stereocenters. The van der Waals surface area contributed by atoms with Gasteiger partial charge in [-0.1, -0.05) is 12.1 Å². The molecule has 0 aliphatic carbocycles. The normalized spacial score (nSPS) is 24.4. The van der Waals surface area contributed by atoms with Crippen molar-refractivity contribution in [1.82, 2.24) is 10.3 Å². The first-order chi connectivity index (χ1) is 14.8. The lowest BCUT2D eigenvalue weighted by Gasteiger charge is -2.29. The van der Waals surface area contributed by atoms with Crippen molar-refractivity contribution in [2.45, 2.75) is 50.9 Å². The summed E-state index contributed by atoms with van der Waals surface area (Å²) in [4.78, 5) is 6.13. The van der Waals surface area contributed by atoms with Gasteiger partial charge in [-0.15, -0.1) is 0 Å². The van der Waals surface area contributed by atoms with Crippen LogP contribution in [0.3, 0.4) is 0 Å². The summed E-state index contributed by atoms with van der Waals surface area (Å²) in [5, 5.41) is 6.61. The molecular weight excluding hydrogens is 408 g/mol. The molecule has 4 rings (SSSR count). The summed E-state index contributed by atoms with van der Waals surface area (Å²) in [6.45, 7) is 4.36. The van der Waals surface area contributed by atoms with Crippen LogP contribution in [0.15, 0.2) is 36.5 Å². The number of nitrogens with zero attached hydrogens (tertiary/aromatic N) is 2. The number of piperidine rings is 1. The molecule has 2 aliphatic heterocycles. The van der Waals surface area contributed by atoms with Crippen LogP contribution < -0.4 is 15.5 Å². The molecule has 0 bridgehead atoms. The molecular formula is C23H28F4N4. The quantitative estimate of drug-likeness (QED) is 0.618. The molecule has 31 heavy (non-hydrogen) atoms. The van der Waals surface area contributed by atoms with E-state index in [0.717, 1.165) is 49.9 Å². The van der Waals surface area contributed by atoms with Gasteiger partial charge in [0.15, 0.2) is 11.6 Å². The summed E-state index contributed by atoms with van der Waals surface area (Å²) in [7, 11) is 0. The lowest BCUT2D eigenvalue weighted by atomic mass is 9.95. The van der Waals surface area contributed by atoms with Crippen LogP contribution in [-0.2, 0) is 6.18 Å². The maximum Gasteiger partial charge on any atom is 0.416 e. The molecule has 3 heterocycles. The summed E-state index contributed by atoms with van der Waals surface area (Å²) < 4.78 is 54.0. The summed E-state index contributed by atoms with van der Waals surface area (Å²) in [5.41, 5.74) is 0.530. The van der Waals surface area contributed by atoms with Gasteiger partial charge in [0, 0.05) is 25.3 Å². The first-order valence-corrected chi connectivity index (χ1v) is 10.9. The number of rotatable bonds is 5. The number of hydrogen-bond acceptors (Lipinski definition) is 4. The molecule has 8 heteroatoms. The fourth-order valence-corrected chi connectivity index (χ4v) is 4.55. The molecule has 0 saturated carbocycles.